The number of nitrogens with zero attached hydrogens (tertiary/aromatic N) is 1. The monoisotopic (exact) mass is 305 g/mol. The average Bonchev–Trinajstić information content (AvgIpc) is 2.51. The van der Waals surface area contributed by atoms with E-state index in [2.05, 4.69) is 17.6 Å². The number of anilines is 1. The van der Waals surface area contributed by atoms with Crippen LogP contribution in [0, 0.1) is 12.7 Å². The molecule has 4 nitrogen and oxygen atoms in total. The third kappa shape index (κ3) is 4.62. The van der Waals surface area contributed by atoms with Crippen LogP contribution in [-0.2, 0) is 4.79 Å². The molecule has 0 aliphatic heterocycles. The molecule has 1 amide bonds. The maximum absolute atomic E-state index is 14.0. The van der Waals surface area contributed by atoms with E-state index in [1.54, 1.807) is 20.2 Å². The average molecular weight is 305 g/mol. The lowest BCUT2D eigenvalue weighted by Crippen LogP contribution is -2.27. The molecule has 0 bridgehead atoms. The maximum atomic E-state index is 14.0. The number of aryl methyl sites for hydroxylation is 1. The SMILES string of the molecule is CC/C(C)=C/C(NC)=C(/Nc1ccc(C)cc1F)N(C)C=O. The number of rotatable bonds is 7. The predicted molar refractivity (Wildman–Crippen MR) is 88.7 cm³/mol. The Morgan fingerprint density at radius 2 is 2.09 bits per heavy atom. The number of hydrogen-bond acceptors (Lipinski definition) is 3. The first kappa shape index (κ1) is 17.8. The summed E-state index contributed by atoms with van der Waals surface area (Å²) in [4.78, 5) is 12.5. The number of allylic oxidation sites excluding steroid dienone is 2. The van der Waals surface area contributed by atoms with Crippen molar-refractivity contribution in [1.82, 2.24) is 10.2 Å². The fourth-order valence-corrected chi connectivity index (χ4v) is 1.85. The Bertz CT molecular complexity index is 594. The van der Waals surface area contributed by atoms with Gasteiger partial charge in [0.1, 0.15) is 11.6 Å². The molecular formula is C17H24FN3O. The molecule has 0 unspecified atom stereocenters. The van der Waals surface area contributed by atoms with Crippen LogP contribution in [-0.4, -0.2) is 25.4 Å². The van der Waals surface area contributed by atoms with Crippen molar-refractivity contribution in [2.75, 3.05) is 19.4 Å². The van der Waals surface area contributed by atoms with Gasteiger partial charge in [-0.2, -0.15) is 0 Å². The summed E-state index contributed by atoms with van der Waals surface area (Å²) in [6.45, 7) is 5.88. The summed E-state index contributed by atoms with van der Waals surface area (Å²) in [6, 6.07) is 4.93. The molecule has 0 radical (unpaired) electrons. The summed E-state index contributed by atoms with van der Waals surface area (Å²) in [5.41, 5.74) is 3.03. The number of carbonyl (C=O) groups excluding carboxylic acids is 1. The molecule has 1 rings (SSSR count). The minimum atomic E-state index is -0.358. The Morgan fingerprint density at radius 1 is 1.41 bits per heavy atom. The van der Waals surface area contributed by atoms with Crippen molar-refractivity contribution in [3.8, 4) is 0 Å². The Kier molecular flexibility index (Phi) is 6.63. The van der Waals surface area contributed by atoms with Gasteiger partial charge in [0.15, 0.2) is 0 Å². The quantitative estimate of drug-likeness (QED) is 0.599. The summed E-state index contributed by atoms with van der Waals surface area (Å²) < 4.78 is 14.0. The van der Waals surface area contributed by atoms with Crippen molar-refractivity contribution in [3.63, 3.8) is 0 Å². The van der Waals surface area contributed by atoms with Gasteiger partial charge < -0.3 is 15.5 Å². The van der Waals surface area contributed by atoms with Gasteiger partial charge in [0.25, 0.3) is 0 Å². The van der Waals surface area contributed by atoms with E-state index in [1.165, 1.54) is 11.0 Å². The van der Waals surface area contributed by atoms with Gasteiger partial charge in [-0.15, -0.1) is 0 Å². The van der Waals surface area contributed by atoms with Crippen LogP contribution in [0.25, 0.3) is 0 Å². The molecular weight excluding hydrogens is 281 g/mol. The Labute approximate surface area is 131 Å². The third-order valence-corrected chi connectivity index (χ3v) is 3.36. The van der Waals surface area contributed by atoms with Gasteiger partial charge in [-0.1, -0.05) is 18.6 Å². The maximum Gasteiger partial charge on any atom is 0.215 e. The van der Waals surface area contributed by atoms with E-state index in [4.69, 9.17) is 0 Å². The first-order valence-corrected chi connectivity index (χ1v) is 7.23. The van der Waals surface area contributed by atoms with Crippen LogP contribution in [0.4, 0.5) is 10.1 Å². The number of likely N-dealkylation sites (N-methyl/N-ethyl adjacent to an activating group) is 1. The minimum absolute atomic E-state index is 0.324. The number of hydrogen-bond donors (Lipinski definition) is 2. The zero-order chi connectivity index (χ0) is 16.7. The summed E-state index contributed by atoms with van der Waals surface area (Å²) in [5.74, 6) is 0.136. The van der Waals surface area contributed by atoms with Gasteiger partial charge in [-0.3, -0.25) is 4.79 Å². The van der Waals surface area contributed by atoms with Gasteiger partial charge in [0.05, 0.1) is 11.4 Å². The van der Waals surface area contributed by atoms with E-state index in [0.717, 1.165) is 17.6 Å². The molecule has 22 heavy (non-hydrogen) atoms. The van der Waals surface area contributed by atoms with Crippen molar-refractivity contribution >= 4 is 12.1 Å². The summed E-state index contributed by atoms with van der Waals surface area (Å²) in [5, 5.41) is 6.05. The summed E-state index contributed by atoms with van der Waals surface area (Å²) >= 11 is 0. The standard InChI is InChI=1S/C17H24FN3O/c1-6-12(2)10-16(19-4)17(21(5)11-22)20-15-8-7-13(3)9-14(15)18/h7-11,19-20H,6H2,1-5H3/b12-10+,17-16+. The van der Waals surface area contributed by atoms with E-state index in [0.29, 0.717) is 23.6 Å². The lowest BCUT2D eigenvalue weighted by atomic mass is 10.2. The Hall–Kier alpha value is -2.30. The smallest absolute Gasteiger partial charge is 0.215 e. The highest BCUT2D eigenvalue weighted by molar-refractivity contribution is 5.58. The van der Waals surface area contributed by atoms with Gasteiger partial charge in [0, 0.05) is 14.1 Å². The van der Waals surface area contributed by atoms with Gasteiger partial charge in [-0.05, 0) is 44.0 Å². The van der Waals surface area contributed by atoms with Gasteiger partial charge in [0.2, 0.25) is 6.41 Å². The largest absolute Gasteiger partial charge is 0.385 e. The van der Waals surface area contributed by atoms with Crippen LogP contribution in [0.1, 0.15) is 25.8 Å². The number of benzene rings is 1. The fraction of sp³-hybridized carbons (Fsp3) is 0.353. The van der Waals surface area contributed by atoms with E-state index >= 15 is 0 Å². The fourth-order valence-electron chi connectivity index (χ4n) is 1.85. The predicted octanol–water partition coefficient (Wildman–Crippen LogP) is 3.38. The van der Waals surface area contributed by atoms with Crippen molar-refractivity contribution in [2.24, 2.45) is 0 Å². The number of nitrogens with one attached hydrogen (secondary N) is 2. The minimum Gasteiger partial charge on any atom is -0.385 e. The van der Waals surface area contributed by atoms with E-state index in [1.807, 2.05) is 26.0 Å². The molecule has 0 aliphatic rings. The molecule has 1 aromatic carbocycles. The summed E-state index contributed by atoms with van der Waals surface area (Å²) in [7, 11) is 3.38. The Balaban J connectivity index is 3.30. The molecule has 0 aromatic heterocycles. The second-order valence-corrected chi connectivity index (χ2v) is 5.18. The first-order valence-electron chi connectivity index (χ1n) is 7.23. The highest BCUT2D eigenvalue weighted by atomic mass is 19.1. The zero-order valence-corrected chi connectivity index (χ0v) is 13.8. The third-order valence-electron chi connectivity index (χ3n) is 3.36. The number of carbonyl (C=O) groups is 1. The van der Waals surface area contributed by atoms with E-state index in [9.17, 15) is 9.18 Å². The molecule has 0 saturated heterocycles. The highest BCUT2D eigenvalue weighted by Gasteiger charge is 2.12. The second-order valence-electron chi connectivity index (χ2n) is 5.18. The van der Waals surface area contributed by atoms with Gasteiger partial charge in [-0.25, -0.2) is 4.39 Å². The zero-order valence-electron chi connectivity index (χ0n) is 13.8. The van der Waals surface area contributed by atoms with Crippen molar-refractivity contribution in [2.45, 2.75) is 27.2 Å². The lowest BCUT2D eigenvalue weighted by molar-refractivity contribution is -0.115. The molecule has 2 N–H and O–H groups in total. The molecule has 120 valence electrons. The van der Waals surface area contributed by atoms with Crippen molar-refractivity contribution in [3.05, 3.63) is 52.7 Å². The van der Waals surface area contributed by atoms with Crippen LogP contribution in [0.5, 0.6) is 0 Å². The van der Waals surface area contributed by atoms with Gasteiger partial charge >= 0.3 is 0 Å². The van der Waals surface area contributed by atoms with E-state index < -0.39 is 0 Å². The summed E-state index contributed by atoms with van der Waals surface area (Å²) in [6.07, 6.45) is 3.51. The molecule has 1 aromatic rings. The molecule has 0 spiro atoms. The molecule has 0 atom stereocenters. The molecule has 0 aliphatic carbocycles. The first-order chi connectivity index (χ1) is 10.4. The topological polar surface area (TPSA) is 44.4 Å². The van der Waals surface area contributed by atoms with Crippen LogP contribution in [0.2, 0.25) is 0 Å². The van der Waals surface area contributed by atoms with Crippen LogP contribution < -0.4 is 10.6 Å². The van der Waals surface area contributed by atoms with Crippen LogP contribution in [0.3, 0.4) is 0 Å². The van der Waals surface area contributed by atoms with Crippen molar-refractivity contribution < 1.29 is 9.18 Å². The molecule has 0 saturated carbocycles. The van der Waals surface area contributed by atoms with Crippen LogP contribution >= 0.6 is 0 Å². The van der Waals surface area contributed by atoms with Crippen LogP contribution in [0.15, 0.2) is 41.4 Å². The Morgan fingerprint density at radius 3 is 2.59 bits per heavy atom. The number of amides is 1. The molecule has 0 heterocycles. The van der Waals surface area contributed by atoms with Crippen molar-refractivity contribution in [1.29, 1.82) is 0 Å². The normalized spacial score (nSPS) is 12.5. The number of halogens is 1. The molecule has 0 fully saturated rings. The lowest BCUT2D eigenvalue weighted by Gasteiger charge is -2.21. The van der Waals surface area contributed by atoms with E-state index in [-0.39, 0.29) is 5.82 Å². The highest BCUT2D eigenvalue weighted by Crippen LogP contribution is 2.20. The second kappa shape index (κ2) is 8.22. The molecule has 5 heteroatoms.